The Kier molecular flexibility index (Phi) is 11.4. The summed E-state index contributed by atoms with van der Waals surface area (Å²) >= 11 is 3.48. The first-order valence-corrected chi connectivity index (χ1v) is 8.68. The third kappa shape index (κ3) is 7.87. The monoisotopic (exact) mass is 513 g/mol. The molecule has 1 amide bonds. The highest BCUT2D eigenvalue weighted by atomic mass is 127. The van der Waals surface area contributed by atoms with Crippen LogP contribution in [0, 0.1) is 0 Å². The summed E-state index contributed by atoms with van der Waals surface area (Å²) in [5.74, 6) is 0.843. The first-order chi connectivity index (χ1) is 10.9. The highest BCUT2D eigenvalue weighted by Crippen LogP contribution is 2.14. The van der Waals surface area contributed by atoms with Gasteiger partial charge in [-0.1, -0.05) is 6.92 Å². The van der Waals surface area contributed by atoms with Crippen molar-refractivity contribution >= 4 is 51.8 Å². The summed E-state index contributed by atoms with van der Waals surface area (Å²) in [4.78, 5) is 18.1. The second kappa shape index (κ2) is 11.7. The average molecular weight is 514 g/mol. The molecule has 0 radical (unpaired) electrons. The van der Waals surface area contributed by atoms with Gasteiger partial charge in [0.2, 0.25) is 5.91 Å². The number of aromatic nitrogens is 1. The number of aryl methyl sites for hydroxylation is 1. The van der Waals surface area contributed by atoms with Gasteiger partial charge in [0.25, 0.3) is 0 Å². The Hall–Kier alpha value is -0.770. The molecular formula is C16H29BrIN5O. The topological polar surface area (TPSA) is 61.7 Å². The SMILES string of the molecule is CCC(C)NC(=O)CCNC(=NC)N(C)Cc1cc(Br)cn1C.I. The van der Waals surface area contributed by atoms with Crippen molar-refractivity contribution in [1.82, 2.24) is 20.1 Å². The number of guanidine groups is 1. The molecule has 0 fully saturated rings. The minimum atomic E-state index is 0. The Labute approximate surface area is 170 Å². The molecule has 0 saturated carbocycles. The lowest BCUT2D eigenvalue weighted by molar-refractivity contribution is -0.121. The van der Waals surface area contributed by atoms with Crippen molar-refractivity contribution in [1.29, 1.82) is 0 Å². The predicted molar refractivity (Wildman–Crippen MR) is 114 cm³/mol. The molecule has 1 unspecified atom stereocenters. The number of nitrogens with zero attached hydrogens (tertiary/aromatic N) is 3. The molecule has 0 aliphatic heterocycles. The van der Waals surface area contributed by atoms with Gasteiger partial charge in [0.1, 0.15) is 0 Å². The average Bonchev–Trinajstić information content (AvgIpc) is 2.81. The van der Waals surface area contributed by atoms with Gasteiger partial charge in [0, 0.05) is 56.5 Å². The molecule has 0 saturated heterocycles. The van der Waals surface area contributed by atoms with E-state index < -0.39 is 0 Å². The molecule has 2 N–H and O–H groups in total. The molecule has 0 bridgehead atoms. The summed E-state index contributed by atoms with van der Waals surface area (Å²) in [7, 11) is 5.75. The fourth-order valence-electron chi connectivity index (χ4n) is 2.16. The van der Waals surface area contributed by atoms with E-state index in [1.807, 2.05) is 32.1 Å². The van der Waals surface area contributed by atoms with Gasteiger partial charge in [-0.25, -0.2) is 0 Å². The Balaban J connectivity index is 0.00000529. The lowest BCUT2D eigenvalue weighted by Gasteiger charge is -2.22. The molecule has 1 heterocycles. The number of hydrogen-bond donors (Lipinski definition) is 2. The second-order valence-electron chi connectivity index (χ2n) is 5.72. The van der Waals surface area contributed by atoms with E-state index in [9.17, 15) is 4.79 Å². The lowest BCUT2D eigenvalue weighted by Crippen LogP contribution is -2.41. The van der Waals surface area contributed by atoms with Gasteiger partial charge in [-0.2, -0.15) is 0 Å². The summed E-state index contributed by atoms with van der Waals surface area (Å²) in [6.07, 6.45) is 3.40. The number of carbonyl (C=O) groups excluding carboxylic acids is 1. The largest absolute Gasteiger partial charge is 0.356 e. The molecule has 8 heteroatoms. The molecule has 1 rings (SSSR count). The normalized spacial score (nSPS) is 12.3. The van der Waals surface area contributed by atoms with Gasteiger partial charge in [-0.15, -0.1) is 24.0 Å². The van der Waals surface area contributed by atoms with Crippen LogP contribution in [-0.4, -0.2) is 48.0 Å². The van der Waals surface area contributed by atoms with E-state index in [1.54, 1.807) is 7.05 Å². The van der Waals surface area contributed by atoms with E-state index in [0.717, 1.165) is 23.4 Å². The Morgan fingerprint density at radius 1 is 1.50 bits per heavy atom. The number of amides is 1. The highest BCUT2D eigenvalue weighted by Gasteiger charge is 2.10. The van der Waals surface area contributed by atoms with Crippen LogP contribution in [0.15, 0.2) is 21.7 Å². The van der Waals surface area contributed by atoms with Crippen LogP contribution >= 0.6 is 39.9 Å². The van der Waals surface area contributed by atoms with Gasteiger partial charge < -0.3 is 20.1 Å². The van der Waals surface area contributed by atoms with Crippen LogP contribution in [0.1, 0.15) is 32.4 Å². The quantitative estimate of drug-likeness (QED) is 0.335. The van der Waals surface area contributed by atoms with E-state index >= 15 is 0 Å². The lowest BCUT2D eigenvalue weighted by atomic mass is 10.2. The van der Waals surface area contributed by atoms with Crippen LogP contribution in [0.2, 0.25) is 0 Å². The molecule has 0 spiro atoms. The van der Waals surface area contributed by atoms with Crippen molar-refractivity contribution in [2.75, 3.05) is 20.6 Å². The zero-order valence-corrected chi connectivity index (χ0v) is 19.0. The summed E-state index contributed by atoms with van der Waals surface area (Å²) in [5.41, 5.74) is 1.18. The van der Waals surface area contributed by atoms with Crippen LogP contribution in [0.4, 0.5) is 0 Å². The molecule has 138 valence electrons. The van der Waals surface area contributed by atoms with Crippen molar-refractivity contribution in [2.45, 2.75) is 39.3 Å². The van der Waals surface area contributed by atoms with Crippen molar-refractivity contribution in [3.8, 4) is 0 Å². The maximum absolute atomic E-state index is 11.8. The molecule has 24 heavy (non-hydrogen) atoms. The number of rotatable bonds is 7. The first kappa shape index (κ1) is 23.2. The number of halogens is 2. The number of hydrogen-bond acceptors (Lipinski definition) is 2. The van der Waals surface area contributed by atoms with Crippen LogP contribution in [0.5, 0.6) is 0 Å². The fourth-order valence-corrected chi connectivity index (χ4v) is 2.73. The predicted octanol–water partition coefficient (Wildman–Crippen LogP) is 2.72. The highest BCUT2D eigenvalue weighted by molar-refractivity contribution is 14.0. The number of aliphatic imine (C=N–C) groups is 1. The van der Waals surface area contributed by atoms with E-state index in [0.29, 0.717) is 13.0 Å². The van der Waals surface area contributed by atoms with Crippen LogP contribution in [-0.2, 0) is 18.4 Å². The maximum Gasteiger partial charge on any atom is 0.221 e. The van der Waals surface area contributed by atoms with E-state index in [2.05, 4.69) is 49.1 Å². The molecule has 0 aromatic carbocycles. The smallest absolute Gasteiger partial charge is 0.221 e. The molecule has 1 aromatic rings. The van der Waals surface area contributed by atoms with Crippen molar-refractivity contribution in [2.24, 2.45) is 12.0 Å². The molecule has 0 aliphatic rings. The van der Waals surface area contributed by atoms with Crippen molar-refractivity contribution in [3.05, 3.63) is 22.4 Å². The molecule has 6 nitrogen and oxygen atoms in total. The van der Waals surface area contributed by atoms with Gasteiger partial charge in [-0.05, 0) is 35.3 Å². The van der Waals surface area contributed by atoms with E-state index in [1.165, 1.54) is 5.69 Å². The minimum Gasteiger partial charge on any atom is -0.356 e. The summed E-state index contributed by atoms with van der Waals surface area (Å²) < 4.78 is 3.14. The standard InChI is InChI=1S/C16H28BrN5O.HI/c1-6-12(2)20-15(23)7-8-19-16(18-3)22(5)11-14-9-13(17)10-21(14)4;/h9-10,12H,6-8,11H2,1-5H3,(H,18,19)(H,20,23);1H. The van der Waals surface area contributed by atoms with E-state index in [-0.39, 0.29) is 35.9 Å². The number of carbonyl (C=O) groups is 1. The summed E-state index contributed by atoms with van der Waals surface area (Å²) in [5, 5.41) is 6.19. The molecular weight excluding hydrogens is 485 g/mol. The first-order valence-electron chi connectivity index (χ1n) is 7.89. The van der Waals surface area contributed by atoms with Gasteiger partial charge >= 0.3 is 0 Å². The summed E-state index contributed by atoms with van der Waals surface area (Å²) in [6, 6.07) is 2.31. The maximum atomic E-state index is 11.8. The second-order valence-corrected chi connectivity index (χ2v) is 6.63. The minimum absolute atomic E-state index is 0. The van der Waals surface area contributed by atoms with Gasteiger partial charge in [0.05, 0.1) is 6.54 Å². The van der Waals surface area contributed by atoms with Crippen LogP contribution < -0.4 is 10.6 Å². The molecule has 1 aromatic heterocycles. The Morgan fingerprint density at radius 2 is 2.17 bits per heavy atom. The van der Waals surface area contributed by atoms with Crippen molar-refractivity contribution < 1.29 is 4.79 Å². The van der Waals surface area contributed by atoms with Gasteiger partial charge in [0.15, 0.2) is 5.96 Å². The van der Waals surface area contributed by atoms with Crippen LogP contribution in [0.3, 0.4) is 0 Å². The molecule has 0 aliphatic carbocycles. The van der Waals surface area contributed by atoms with Crippen LogP contribution in [0.25, 0.3) is 0 Å². The Bertz CT molecular complexity index is 547. The molecule has 1 atom stereocenters. The van der Waals surface area contributed by atoms with E-state index in [4.69, 9.17) is 0 Å². The fraction of sp³-hybridized carbons (Fsp3) is 0.625. The summed E-state index contributed by atoms with van der Waals surface area (Å²) in [6.45, 7) is 5.37. The Morgan fingerprint density at radius 3 is 2.67 bits per heavy atom. The third-order valence-corrected chi connectivity index (χ3v) is 4.14. The van der Waals surface area contributed by atoms with Gasteiger partial charge in [-0.3, -0.25) is 9.79 Å². The van der Waals surface area contributed by atoms with Crippen molar-refractivity contribution in [3.63, 3.8) is 0 Å². The number of nitrogens with one attached hydrogen (secondary N) is 2. The zero-order chi connectivity index (χ0) is 17.4. The third-order valence-electron chi connectivity index (χ3n) is 3.70. The zero-order valence-electron chi connectivity index (χ0n) is 15.1.